The highest BCUT2D eigenvalue weighted by Gasteiger charge is 2.15. The molecule has 0 spiro atoms. The Morgan fingerprint density at radius 2 is 1.74 bits per heavy atom. The molecule has 94 valence electrons. The van der Waals surface area contributed by atoms with E-state index in [1.54, 1.807) is 0 Å². The number of benzene rings is 2. The van der Waals surface area contributed by atoms with E-state index in [4.69, 9.17) is 0 Å². The summed E-state index contributed by atoms with van der Waals surface area (Å²) in [6.07, 6.45) is 4.71. The Hall–Kier alpha value is -2.09. The van der Waals surface area contributed by atoms with Crippen molar-refractivity contribution in [2.75, 3.05) is 0 Å². The van der Waals surface area contributed by atoms with E-state index in [9.17, 15) is 4.79 Å². The molecule has 0 radical (unpaired) electrons. The van der Waals surface area contributed by atoms with Gasteiger partial charge in [0.25, 0.3) is 0 Å². The molecule has 2 heteroatoms. The molecular formula is C17H15NO. The van der Waals surface area contributed by atoms with Crippen LogP contribution in [0.25, 0.3) is 21.8 Å². The lowest BCUT2D eigenvalue weighted by Crippen LogP contribution is -2.09. The molecular weight excluding hydrogens is 234 g/mol. The minimum atomic E-state index is 0.151. The number of hydrogen-bond acceptors (Lipinski definition) is 1. The van der Waals surface area contributed by atoms with Crippen LogP contribution in [0.1, 0.15) is 24.0 Å². The van der Waals surface area contributed by atoms with Gasteiger partial charge in [-0.2, -0.15) is 0 Å². The third-order valence-corrected chi connectivity index (χ3v) is 4.21. The van der Waals surface area contributed by atoms with Gasteiger partial charge in [0.05, 0.1) is 5.52 Å². The number of rotatable bonds is 0. The predicted molar refractivity (Wildman–Crippen MR) is 78.7 cm³/mol. The molecule has 3 aromatic rings. The largest absolute Gasteiger partial charge is 0.354 e. The van der Waals surface area contributed by atoms with Gasteiger partial charge < -0.3 is 4.98 Å². The summed E-state index contributed by atoms with van der Waals surface area (Å²) in [5.74, 6) is 0. The SMILES string of the molecule is O=c1c2ccccc2[nH]c2c3c(ccc12)CCCC3. The van der Waals surface area contributed by atoms with E-state index in [2.05, 4.69) is 11.1 Å². The van der Waals surface area contributed by atoms with E-state index in [-0.39, 0.29) is 5.43 Å². The van der Waals surface area contributed by atoms with Gasteiger partial charge in [0.1, 0.15) is 0 Å². The average molecular weight is 249 g/mol. The molecule has 1 aliphatic carbocycles. The van der Waals surface area contributed by atoms with Crippen molar-refractivity contribution >= 4 is 21.8 Å². The number of aromatic nitrogens is 1. The second-order valence-corrected chi connectivity index (χ2v) is 5.33. The maximum Gasteiger partial charge on any atom is 0.197 e. The highest BCUT2D eigenvalue weighted by Crippen LogP contribution is 2.27. The monoisotopic (exact) mass is 249 g/mol. The minimum Gasteiger partial charge on any atom is -0.354 e. The van der Waals surface area contributed by atoms with Crippen LogP contribution in [-0.2, 0) is 12.8 Å². The summed E-state index contributed by atoms with van der Waals surface area (Å²) in [6.45, 7) is 0. The summed E-state index contributed by atoms with van der Waals surface area (Å²) in [5, 5.41) is 1.62. The molecule has 0 amide bonds. The van der Waals surface area contributed by atoms with Crippen LogP contribution in [0, 0.1) is 0 Å². The van der Waals surface area contributed by atoms with E-state index < -0.39 is 0 Å². The third-order valence-electron chi connectivity index (χ3n) is 4.21. The van der Waals surface area contributed by atoms with Crippen molar-refractivity contribution in [2.24, 2.45) is 0 Å². The second kappa shape index (κ2) is 3.95. The summed E-state index contributed by atoms with van der Waals surface area (Å²) in [7, 11) is 0. The molecule has 1 heterocycles. The molecule has 0 fully saturated rings. The number of aryl methyl sites for hydroxylation is 2. The number of para-hydroxylation sites is 1. The van der Waals surface area contributed by atoms with Crippen molar-refractivity contribution < 1.29 is 0 Å². The lowest BCUT2D eigenvalue weighted by molar-refractivity contribution is 0.689. The van der Waals surface area contributed by atoms with Crippen molar-refractivity contribution in [3.63, 3.8) is 0 Å². The summed E-state index contributed by atoms with van der Waals surface area (Å²) in [5.41, 5.74) is 4.91. The smallest absolute Gasteiger partial charge is 0.197 e. The van der Waals surface area contributed by atoms with Crippen LogP contribution < -0.4 is 5.43 Å². The van der Waals surface area contributed by atoms with Crippen molar-refractivity contribution in [1.82, 2.24) is 4.98 Å². The van der Waals surface area contributed by atoms with Crippen LogP contribution in [0.15, 0.2) is 41.2 Å². The van der Waals surface area contributed by atoms with Crippen molar-refractivity contribution in [2.45, 2.75) is 25.7 Å². The quantitative estimate of drug-likeness (QED) is 0.607. The fourth-order valence-electron chi connectivity index (χ4n) is 3.23. The van der Waals surface area contributed by atoms with E-state index in [1.807, 2.05) is 30.3 Å². The molecule has 0 saturated carbocycles. The zero-order chi connectivity index (χ0) is 12.8. The van der Waals surface area contributed by atoms with Crippen LogP contribution in [0.3, 0.4) is 0 Å². The van der Waals surface area contributed by atoms with Gasteiger partial charge in [-0.15, -0.1) is 0 Å². The van der Waals surface area contributed by atoms with E-state index in [0.717, 1.165) is 34.6 Å². The Bertz CT molecular complexity index is 845. The number of pyridine rings is 1. The van der Waals surface area contributed by atoms with Gasteiger partial charge in [0.2, 0.25) is 0 Å². The van der Waals surface area contributed by atoms with E-state index in [1.165, 1.54) is 24.0 Å². The van der Waals surface area contributed by atoms with E-state index >= 15 is 0 Å². The van der Waals surface area contributed by atoms with Gasteiger partial charge >= 0.3 is 0 Å². The molecule has 19 heavy (non-hydrogen) atoms. The number of H-pyrrole nitrogens is 1. The van der Waals surface area contributed by atoms with Gasteiger partial charge in [0, 0.05) is 16.3 Å². The number of hydrogen-bond donors (Lipinski definition) is 1. The Kier molecular flexibility index (Phi) is 2.25. The summed E-state index contributed by atoms with van der Waals surface area (Å²) in [4.78, 5) is 16.0. The average Bonchev–Trinajstić information content (AvgIpc) is 2.47. The van der Waals surface area contributed by atoms with Gasteiger partial charge in [-0.3, -0.25) is 4.79 Å². The standard InChI is InChI=1S/C17H15NO/c19-17-13-7-3-4-8-15(13)18-16-12-6-2-1-5-11(12)9-10-14(16)17/h3-4,7-10H,1-2,5-6H2,(H,18,19). The van der Waals surface area contributed by atoms with Crippen LogP contribution in [0.5, 0.6) is 0 Å². The third kappa shape index (κ3) is 1.53. The molecule has 1 aromatic heterocycles. The molecule has 0 saturated heterocycles. The van der Waals surface area contributed by atoms with Crippen LogP contribution in [-0.4, -0.2) is 4.98 Å². The fourth-order valence-corrected chi connectivity index (χ4v) is 3.23. The lowest BCUT2D eigenvalue weighted by Gasteiger charge is -2.17. The number of fused-ring (bicyclic) bond motifs is 4. The fraction of sp³-hybridized carbons (Fsp3) is 0.235. The van der Waals surface area contributed by atoms with Gasteiger partial charge in [-0.1, -0.05) is 18.2 Å². The molecule has 1 aliphatic rings. The van der Waals surface area contributed by atoms with Gasteiger partial charge in [0.15, 0.2) is 5.43 Å². The predicted octanol–water partition coefficient (Wildman–Crippen LogP) is 3.56. The topological polar surface area (TPSA) is 32.9 Å². The molecule has 2 aromatic carbocycles. The molecule has 0 unspecified atom stereocenters. The van der Waals surface area contributed by atoms with Crippen molar-refractivity contribution in [3.05, 3.63) is 57.7 Å². The first-order chi connectivity index (χ1) is 9.34. The molecule has 0 atom stereocenters. The first-order valence-corrected chi connectivity index (χ1v) is 6.90. The van der Waals surface area contributed by atoms with Crippen LogP contribution in [0.4, 0.5) is 0 Å². The Morgan fingerprint density at radius 1 is 0.895 bits per heavy atom. The molecule has 0 aliphatic heterocycles. The molecule has 1 N–H and O–H groups in total. The van der Waals surface area contributed by atoms with Crippen LogP contribution >= 0.6 is 0 Å². The summed E-state index contributed by atoms with van der Waals surface area (Å²) in [6, 6.07) is 11.9. The highest BCUT2D eigenvalue weighted by molar-refractivity contribution is 5.94. The summed E-state index contributed by atoms with van der Waals surface area (Å²) >= 11 is 0. The Labute approximate surface area is 111 Å². The maximum absolute atomic E-state index is 12.6. The second-order valence-electron chi connectivity index (χ2n) is 5.33. The van der Waals surface area contributed by atoms with E-state index in [0.29, 0.717) is 0 Å². The van der Waals surface area contributed by atoms with Crippen molar-refractivity contribution in [1.29, 1.82) is 0 Å². The number of nitrogens with one attached hydrogen (secondary N) is 1. The Balaban J connectivity index is 2.21. The van der Waals surface area contributed by atoms with Crippen molar-refractivity contribution in [3.8, 4) is 0 Å². The first kappa shape index (κ1) is 10.8. The first-order valence-electron chi connectivity index (χ1n) is 6.90. The zero-order valence-electron chi connectivity index (χ0n) is 10.7. The summed E-state index contributed by atoms with van der Waals surface area (Å²) < 4.78 is 0. The minimum absolute atomic E-state index is 0.151. The maximum atomic E-state index is 12.6. The van der Waals surface area contributed by atoms with Gasteiger partial charge in [-0.05, 0) is 55.0 Å². The lowest BCUT2D eigenvalue weighted by atomic mass is 9.89. The van der Waals surface area contributed by atoms with Crippen LogP contribution in [0.2, 0.25) is 0 Å². The molecule has 0 bridgehead atoms. The normalized spacial score (nSPS) is 14.7. The zero-order valence-corrected chi connectivity index (χ0v) is 10.7. The molecule has 2 nitrogen and oxygen atoms in total. The number of aromatic amines is 1. The van der Waals surface area contributed by atoms with Gasteiger partial charge in [-0.25, -0.2) is 0 Å². The molecule has 4 rings (SSSR count). The Morgan fingerprint density at radius 3 is 2.68 bits per heavy atom. The highest BCUT2D eigenvalue weighted by atomic mass is 16.1.